The molecular weight excluding hydrogens is 328 g/mol. The molecule has 3 heterocycles. The summed E-state index contributed by atoms with van der Waals surface area (Å²) in [4.78, 5) is 28.8. The van der Waals surface area contributed by atoms with Gasteiger partial charge < -0.3 is 8.98 Å². The average Bonchev–Trinajstić information content (AvgIpc) is 2.99. The summed E-state index contributed by atoms with van der Waals surface area (Å²) in [5, 5.41) is 0.822. The highest BCUT2D eigenvalue weighted by Gasteiger charge is 2.20. The number of rotatable bonds is 3. The number of para-hydroxylation sites is 1. The molecule has 5 heteroatoms. The third kappa shape index (κ3) is 2.54. The van der Waals surface area contributed by atoms with Crippen molar-refractivity contribution in [3.8, 4) is 16.9 Å². The summed E-state index contributed by atoms with van der Waals surface area (Å²) in [6.45, 7) is 3.37. The van der Waals surface area contributed by atoms with E-state index in [1.54, 1.807) is 30.6 Å². The van der Waals surface area contributed by atoms with Crippen LogP contribution < -0.4 is 5.63 Å². The minimum atomic E-state index is -0.443. The molecule has 0 aliphatic carbocycles. The number of nitrogens with zero attached hydrogens (tertiary/aromatic N) is 2. The summed E-state index contributed by atoms with van der Waals surface area (Å²) in [6, 6.07) is 14.6. The van der Waals surface area contributed by atoms with E-state index in [4.69, 9.17) is 4.42 Å². The number of fused-ring (bicyclic) bond motifs is 1. The van der Waals surface area contributed by atoms with Crippen LogP contribution in [0.1, 0.15) is 23.0 Å². The molecule has 0 unspecified atom stereocenters. The largest absolute Gasteiger partial charge is 0.422 e. The zero-order valence-corrected chi connectivity index (χ0v) is 14.4. The molecule has 0 spiro atoms. The lowest BCUT2D eigenvalue weighted by Crippen LogP contribution is -2.07. The summed E-state index contributed by atoms with van der Waals surface area (Å²) >= 11 is 0. The number of hydrogen-bond acceptors (Lipinski definition) is 4. The summed E-state index contributed by atoms with van der Waals surface area (Å²) < 4.78 is 7.34. The fraction of sp³-hybridized carbons (Fsp3) is 0.0952. The van der Waals surface area contributed by atoms with E-state index in [1.165, 1.54) is 6.92 Å². The first kappa shape index (κ1) is 16.0. The van der Waals surface area contributed by atoms with E-state index in [9.17, 15) is 9.59 Å². The van der Waals surface area contributed by atoms with Gasteiger partial charge in [0.05, 0.1) is 23.1 Å². The van der Waals surface area contributed by atoms with Gasteiger partial charge in [-0.1, -0.05) is 18.2 Å². The third-order valence-electron chi connectivity index (χ3n) is 4.45. The predicted molar refractivity (Wildman–Crippen MR) is 99.8 cm³/mol. The van der Waals surface area contributed by atoms with Gasteiger partial charge in [-0.3, -0.25) is 9.78 Å². The van der Waals surface area contributed by atoms with Crippen LogP contribution in [-0.4, -0.2) is 15.3 Å². The highest BCUT2D eigenvalue weighted by atomic mass is 16.4. The molecule has 4 rings (SSSR count). The topological polar surface area (TPSA) is 65.1 Å². The Balaban J connectivity index is 2.06. The maximum absolute atomic E-state index is 12.6. The molecule has 0 aliphatic heterocycles. The van der Waals surface area contributed by atoms with Crippen LogP contribution in [0.2, 0.25) is 0 Å². The second-order valence-electron chi connectivity index (χ2n) is 6.12. The number of ketones is 1. The highest BCUT2D eigenvalue weighted by molar-refractivity contribution is 5.97. The van der Waals surface area contributed by atoms with E-state index >= 15 is 0 Å². The Morgan fingerprint density at radius 2 is 1.92 bits per heavy atom. The summed E-state index contributed by atoms with van der Waals surface area (Å²) in [6.07, 6.45) is 3.38. The molecule has 0 N–H and O–H groups in total. The third-order valence-corrected chi connectivity index (χ3v) is 4.45. The quantitative estimate of drug-likeness (QED) is 0.413. The molecule has 4 aromatic rings. The second-order valence-corrected chi connectivity index (χ2v) is 6.12. The van der Waals surface area contributed by atoms with Gasteiger partial charge in [-0.05, 0) is 44.2 Å². The predicted octanol–water partition coefficient (Wildman–Crippen LogP) is 4.16. The van der Waals surface area contributed by atoms with Crippen LogP contribution in [0, 0.1) is 6.92 Å². The van der Waals surface area contributed by atoms with Gasteiger partial charge >= 0.3 is 5.63 Å². The monoisotopic (exact) mass is 344 g/mol. The number of carbonyl (C=O) groups is 1. The molecule has 0 saturated heterocycles. The van der Waals surface area contributed by atoms with Crippen molar-refractivity contribution in [2.75, 3.05) is 0 Å². The smallest absolute Gasteiger partial charge is 0.345 e. The van der Waals surface area contributed by atoms with E-state index in [1.807, 2.05) is 41.8 Å². The van der Waals surface area contributed by atoms with Crippen molar-refractivity contribution >= 4 is 16.8 Å². The Labute approximate surface area is 149 Å². The van der Waals surface area contributed by atoms with Crippen LogP contribution in [0.3, 0.4) is 0 Å². The lowest BCUT2D eigenvalue weighted by Gasteiger charge is -2.11. The van der Waals surface area contributed by atoms with E-state index in [-0.39, 0.29) is 5.78 Å². The second kappa shape index (κ2) is 6.11. The van der Waals surface area contributed by atoms with E-state index < -0.39 is 5.63 Å². The minimum absolute atomic E-state index is 0.0587. The van der Waals surface area contributed by atoms with Gasteiger partial charge in [0.15, 0.2) is 5.78 Å². The Hall–Kier alpha value is -3.47. The first-order valence-electron chi connectivity index (χ1n) is 8.23. The standard InChI is InChI=1S/C21H16N2O3/c1-13-17(14(2)24)11-19(23(13)16-7-5-9-22-12-16)18-10-15-6-3-4-8-20(15)26-21(18)25/h3-12H,1-2H3. The number of aromatic nitrogens is 2. The molecule has 0 bridgehead atoms. The van der Waals surface area contributed by atoms with Crippen molar-refractivity contribution in [3.63, 3.8) is 0 Å². The number of pyridine rings is 1. The molecule has 0 fully saturated rings. The molecule has 0 aliphatic rings. The number of Topliss-reactive ketones (excluding diaryl/α,β-unsaturated/α-hetero) is 1. The van der Waals surface area contributed by atoms with Gasteiger partial charge in [0.25, 0.3) is 0 Å². The van der Waals surface area contributed by atoms with E-state index in [2.05, 4.69) is 4.98 Å². The van der Waals surface area contributed by atoms with Gasteiger partial charge in [-0.2, -0.15) is 0 Å². The SMILES string of the molecule is CC(=O)c1cc(-c2cc3ccccc3oc2=O)n(-c2cccnc2)c1C. The van der Waals surface area contributed by atoms with Gasteiger partial charge in [0.2, 0.25) is 0 Å². The molecular formula is C21H16N2O3. The van der Waals surface area contributed by atoms with Crippen molar-refractivity contribution in [2.24, 2.45) is 0 Å². The lowest BCUT2D eigenvalue weighted by molar-refractivity contribution is 0.101. The van der Waals surface area contributed by atoms with E-state index in [0.29, 0.717) is 22.4 Å². The molecule has 0 radical (unpaired) electrons. The van der Waals surface area contributed by atoms with Crippen molar-refractivity contribution in [3.05, 3.63) is 82.6 Å². The maximum Gasteiger partial charge on any atom is 0.345 e. The van der Waals surface area contributed by atoms with Crippen LogP contribution in [0.5, 0.6) is 0 Å². The first-order chi connectivity index (χ1) is 12.6. The normalized spacial score (nSPS) is 11.0. The molecule has 3 aromatic heterocycles. The van der Waals surface area contributed by atoms with Crippen LogP contribution in [0.15, 0.2) is 70.1 Å². The van der Waals surface area contributed by atoms with Gasteiger partial charge in [0.1, 0.15) is 5.58 Å². The zero-order chi connectivity index (χ0) is 18.3. The molecule has 5 nitrogen and oxygen atoms in total. The highest BCUT2D eigenvalue weighted by Crippen LogP contribution is 2.29. The van der Waals surface area contributed by atoms with Crippen LogP contribution in [0.25, 0.3) is 27.9 Å². The molecule has 0 amide bonds. The molecule has 26 heavy (non-hydrogen) atoms. The molecule has 0 saturated carbocycles. The van der Waals surface area contributed by atoms with Gasteiger partial charge in [-0.15, -0.1) is 0 Å². The van der Waals surface area contributed by atoms with Crippen molar-refractivity contribution < 1.29 is 9.21 Å². The number of carbonyl (C=O) groups excluding carboxylic acids is 1. The van der Waals surface area contributed by atoms with Gasteiger partial charge in [0, 0.05) is 22.8 Å². The Kier molecular flexibility index (Phi) is 3.77. The van der Waals surface area contributed by atoms with Crippen LogP contribution in [0.4, 0.5) is 0 Å². The van der Waals surface area contributed by atoms with Crippen molar-refractivity contribution in [2.45, 2.75) is 13.8 Å². The van der Waals surface area contributed by atoms with Crippen LogP contribution >= 0.6 is 0 Å². The fourth-order valence-corrected chi connectivity index (χ4v) is 3.22. The summed E-state index contributed by atoms with van der Waals surface area (Å²) in [5.74, 6) is -0.0587. The Bertz CT molecular complexity index is 1190. The molecule has 128 valence electrons. The first-order valence-corrected chi connectivity index (χ1v) is 8.23. The summed E-state index contributed by atoms with van der Waals surface area (Å²) in [7, 11) is 0. The van der Waals surface area contributed by atoms with E-state index in [0.717, 1.165) is 16.8 Å². The van der Waals surface area contributed by atoms with Crippen molar-refractivity contribution in [1.82, 2.24) is 9.55 Å². The minimum Gasteiger partial charge on any atom is -0.422 e. The lowest BCUT2D eigenvalue weighted by atomic mass is 10.1. The van der Waals surface area contributed by atoms with Crippen molar-refractivity contribution in [1.29, 1.82) is 0 Å². The van der Waals surface area contributed by atoms with Gasteiger partial charge in [-0.25, -0.2) is 4.79 Å². The number of hydrogen-bond donors (Lipinski definition) is 0. The number of benzene rings is 1. The molecule has 1 aromatic carbocycles. The molecule has 0 atom stereocenters. The maximum atomic E-state index is 12.6. The van der Waals surface area contributed by atoms with Crippen LogP contribution in [-0.2, 0) is 0 Å². The zero-order valence-electron chi connectivity index (χ0n) is 14.4. The fourth-order valence-electron chi connectivity index (χ4n) is 3.22. The average molecular weight is 344 g/mol. The summed E-state index contributed by atoms with van der Waals surface area (Å²) in [5.41, 5.74) is 3.21. The Morgan fingerprint density at radius 3 is 2.65 bits per heavy atom. The Morgan fingerprint density at radius 1 is 1.12 bits per heavy atom.